The second kappa shape index (κ2) is 4.87. The Labute approximate surface area is 74.8 Å². The highest BCUT2D eigenvalue weighted by Crippen LogP contribution is 2.20. The molecule has 0 N–H and O–H groups in total. The SMILES string of the molecule is O=C(CC(F)F)OC(=O)CC(F)(F)F. The monoisotopic (exact) mass is 220 g/mol. The van der Waals surface area contributed by atoms with Crippen LogP contribution in [0, 0.1) is 0 Å². The molecule has 3 nitrogen and oxygen atoms in total. The van der Waals surface area contributed by atoms with Gasteiger partial charge in [-0.3, -0.25) is 9.59 Å². The van der Waals surface area contributed by atoms with Crippen molar-refractivity contribution in [3.05, 3.63) is 0 Å². The van der Waals surface area contributed by atoms with E-state index in [2.05, 4.69) is 4.74 Å². The van der Waals surface area contributed by atoms with Gasteiger partial charge in [-0.25, -0.2) is 8.78 Å². The summed E-state index contributed by atoms with van der Waals surface area (Å²) in [6, 6.07) is 0. The molecule has 0 amide bonds. The number of hydrogen-bond acceptors (Lipinski definition) is 3. The maximum atomic E-state index is 11.5. The van der Waals surface area contributed by atoms with Crippen molar-refractivity contribution in [1.29, 1.82) is 0 Å². The summed E-state index contributed by atoms with van der Waals surface area (Å²) in [6.07, 6.45) is -11.2. The minimum atomic E-state index is -4.82. The molecule has 0 aliphatic carbocycles. The Morgan fingerprint density at radius 2 is 1.64 bits per heavy atom. The molecule has 0 aromatic rings. The molecule has 0 saturated heterocycles. The van der Waals surface area contributed by atoms with Gasteiger partial charge in [0.2, 0.25) is 6.43 Å². The van der Waals surface area contributed by atoms with Crippen LogP contribution in [0.5, 0.6) is 0 Å². The topological polar surface area (TPSA) is 43.4 Å². The molecule has 0 aromatic heterocycles. The molecule has 0 spiro atoms. The maximum Gasteiger partial charge on any atom is 0.399 e. The molecule has 0 saturated carbocycles. The van der Waals surface area contributed by atoms with E-state index < -0.39 is 37.4 Å². The van der Waals surface area contributed by atoms with E-state index in [4.69, 9.17) is 0 Å². The molecule has 0 aliphatic heterocycles. The van der Waals surface area contributed by atoms with Gasteiger partial charge in [0.15, 0.2) is 0 Å². The Balaban J connectivity index is 3.90. The van der Waals surface area contributed by atoms with Crippen LogP contribution in [0.2, 0.25) is 0 Å². The van der Waals surface area contributed by atoms with Crippen molar-refractivity contribution < 1.29 is 36.3 Å². The van der Waals surface area contributed by atoms with Crippen molar-refractivity contribution in [2.24, 2.45) is 0 Å². The van der Waals surface area contributed by atoms with E-state index in [1.807, 2.05) is 0 Å². The Kier molecular flexibility index (Phi) is 4.45. The highest BCUT2D eigenvalue weighted by Gasteiger charge is 2.33. The minimum absolute atomic E-state index is 1.40. The lowest BCUT2D eigenvalue weighted by Gasteiger charge is -2.05. The summed E-state index contributed by atoms with van der Waals surface area (Å²) in [4.78, 5) is 20.5. The average molecular weight is 220 g/mol. The molecule has 0 heterocycles. The third-order valence-corrected chi connectivity index (χ3v) is 0.893. The van der Waals surface area contributed by atoms with Crippen LogP contribution >= 0.6 is 0 Å². The zero-order valence-corrected chi connectivity index (χ0v) is 6.61. The molecular formula is C6H5F5O3. The maximum absolute atomic E-state index is 11.5. The van der Waals surface area contributed by atoms with Gasteiger partial charge in [0.1, 0.15) is 12.8 Å². The van der Waals surface area contributed by atoms with E-state index in [9.17, 15) is 31.5 Å². The van der Waals surface area contributed by atoms with Crippen molar-refractivity contribution in [3.63, 3.8) is 0 Å². The Morgan fingerprint density at radius 3 is 2.00 bits per heavy atom. The molecule has 0 aliphatic rings. The van der Waals surface area contributed by atoms with Crippen LogP contribution in [0.25, 0.3) is 0 Å². The first-order chi connectivity index (χ1) is 6.20. The van der Waals surface area contributed by atoms with Gasteiger partial charge in [-0.15, -0.1) is 0 Å². The predicted molar refractivity (Wildman–Crippen MR) is 32.4 cm³/mol. The summed E-state index contributed by atoms with van der Waals surface area (Å²) in [5.74, 6) is -3.56. The molecule has 14 heavy (non-hydrogen) atoms. The van der Waals surface area contributed by atoms with Crippen LogP contribution in [0.3, 0.4) is 0 Å². The molecule has 0 aromatic carbocycles. The standard InChI is InChI=1S/C6H5F5O3/c7-3(8)1-4(12)14-5(13)2-6(9,10)11/h3H,1-2H2. The van der Waals surface area contributed by atoms with Crippen LogP contribution < -0.4 is 0 Å². The van der Waals surface area contributed by atoms with Crippen molar-refractivity contribution in [2.75, 3.05) is 0 Å². The zero-order chi connectivity index (χ0) is 11.4. The Morgan fingerprint density at radius 1 is 1.14 bits per heavy atom. The number of alkyl halides is 5. The summed E-state index contributed by atoms with van der Waals surface area (Å²) in [7, 11) is 0. The normalized spacial score (nSPS) is 11.6. The molecular weight excluding hydrogens is 215 g/mol. The highest BCUT2D eigenvalue weighted by molar-refractivity contribution is 5.85. The summed E-state index contributed by atoms with van der Waals surface area (Å²) in [5, 5.41) is 0. The van der Waals surface area contributed by atoms with Gasteiger partial charge in [0.25, 0.3) is 0 Å². The molecule has 0 fully saturated rings. The smallest absolute Gasteiger partial charge is 0.393 e. The second-order valence-electron chi connectivity index (χ2n) is 2.23. The van der Waals surface area contributed by atoms with Crippen molar-refractivity contribution in [1.82, 2.24) is 0 Å². The summed E-state index contributed by atoms with van der Waals surface area (Å²) in [6.45, 7) is 0. The number of halogens is 5. The van der Waals surface area contributed by atoms with Gasteiger partial charge in [-0.2, -0.15) is 13.2 Å². The van der Waals surface area contributed by atoms with E-state index in [1.54, 1.807) is 0 Å². The highest BCUT2D eigenvalue weighted by atomic mass is 19.4. The Hall–Kier alpha value is -1.21. The van der Waals surface area contributed by atoms with Crippen LogP contribution in [-0.4, -0.2) is 24.5 Å². The number of esters is 2. The van der Waals surface area contributed by atoms with Crippen molar-refractivity contribution >= 4 is 11.9 Å². The molecule has 0 unspecified atom stereocenters. The van der Waals surface area contributed by atoms with Crippen molar-refractivity contribution in [3.8, 4) is 0 Å². The first kappa shape index (κ1) is 12.8. The fraction of sp³-hybridized carbons (Fsp3) is 0.667. The molecule has 0 radical (unpaired) electrons. The van der Waals surface area contributed by atoms with Crippen molar-refractivity contribution in [2.45, 2.75) is 25.4 Å². The molecule has 82 valence electrons. The zero-order valence-electron chi connectivity index (χ0n) is 6.61. The van der Waals surface area contributed by atoms with Gasteiger partial charge >= 0.3 is 18.1 Å². The first-order valence-electron chi connectivity index (χ1n) is 3.29. The quantitative estimate of drug-likeness (QED) is 0.412. The second-order valence-corrected chi connectivity index (χ2v) is 2.23. The third kappa shape index (κ3) is 7.44. The summed E-state index contributed by atoms with van der Waals surface area (Å²) >= 11 is 0. The lowest BCUT2D eigenvalue weighted by molar-refractivity contribution is -0.177. The first-order valence-corrected chi connectivity index (χ1v) is 3.29. The van der Waals surface area contributed by atoms with Gasteiger partial charge < -0.3 is 4.74 Å². The average Bonchev–Trinajstić information content (AvgIpc) is 1.77. The van der Waals surface area contributed by atoms with E-state index >= 15 is 0 Å². The summed E-state index contributed by atoms with van der Waals surface area (Å²) < 4.78 is 60.7. The molecule has 0 atom stereocenters. The van der Waals surface area contributed by atoms with Gasteiger partial charge in [-0.1, -0.05) is 0 Å². The van der Waals surface area contributed by atoms with Crippen LogP contribution in [0.15, 0.2) is 0 Å². The molecule has 0 bridgehead atoms. The number of carbonyl (C=O) groups is 2. The lowest BCUT2D eigenvalue weighted by Crippen LogP contribution is -2.21. The number of carbonyl (C=O) groups excluding carboxylic acids is 2. The van der Waals surface area contributed by atoms with E-state index in [0.717, 1.165) is 0 Å². The van der Waals surface area contributed by atoms with E-state index in [-0.39, 0.29) is 0 Å². The molecule has 8 heteroatoms. The van der Waals surface area contributed by atoms with Gasteiger partial charge in [0.05, 0.1) is 0 Å². The fourth-order valence-corrected chi connectivity index (χ4v) is 0.494. The van der Waals surface area contributed by atoms with Crippen LogP contribution in [0.4, 0.5) is 22.0 Å². The van der Waals surface area contributed by atoms with Gasteiger partial charge in [0, 0.05) is 0 Å². The number of rotatable bonds is 3. The van der Waals surface area contributed by atoms with Crippen LogP contribution in [-0.2, 0) is 14.3 Å². The van der Waals surface area contributed by atoms with E-state index in [1.165, 1.54) is 0 Å². The number of ether oxygens (including phenoxy) is 1. The Bertz CT molecular complexity index is 222. The van der Waals surface area contributed by atoms with Crippen LogP contribution in [0.1, 0.15) is 12.8 Å². The molecule has 0 rings (SSSR count). The largest absolute Gasteiger partial charge is 0.399 e. The lowest BCUT2D eigenvalue weighted by atomic mass is 10.4. The predicted octanol–water partition coefficient (Wildman–Crippen LogP) is 1.66. The van der Waals surface area contributed by atoms with Gasteiger partial charge in [-0.05, 0) is 0 Å². The van der Waals surface area contributed by atoms with E-state index in [0.29, 0.717) is 0 Å². The minimum Gasteiger partial charge on any atom is -0.393 e. The third-order valence-electron chi connectivity index (χ3n) is 0.893. The number of hydrogen-bond donors (Lipinski definition) is 0. The summed E-state index contributed by atoms with van der Waals surface area (Å²) in [5.41, 5.74) is 0. The fourth-order valence-electron chi connectivity index (χ4n) is 0.494.